The van der Waals surface area contributed by atoms with Gasteiger partial charge in [0.2, 0.25) is 10.0 Å². The van der Waals surface area contributed by atoms with Crippen LogP contribution in [0.5, 0.6) is 5.75 Å². The van der Waals surface area contributed by atoms with Crippen LogP contribution in [-0.2, 0) is 10.0 Å². The number of nitrogens with zero attached hydrogens (tertiary/aromatic N) is 1. The topological polar surface area (TPSA) is 58.6 Å². The van der Waals surface area contributed by atoms with Crippen LogP contribution in [-0.4, -0.2) is 39.5 Å². The Morgan fingerprint density at radius 2 is 2.00 bits per heavy atom. The zero-order chi connectivity index (χ0) is 18.0. The van der Waals surface area contributed by atoms with Crippen molar-refractivity contribution in [3.8, 4) is 5.75 Å². The molecule has 0 radical (unpaired) electrons. The van der Waals surface area contributed by atoms with E-state index in [4.69, 9.17) is 4.74 Å². The van der Waals surface area contributed by atoms with Crippen molar-refractivity contribution in [2.24, 2.45) is 0 Å². The van der Waals surface area contributed by atoms with Crippen LogP contribution in [0.25, 0.3) is 0 Å². The molecule has 0 bridgehead atoms. The van der Waals surface area contributed by atoms with Gasteiger partial charge in [-0.2, -0.15) is 4.31 Å². The van der Waals surface area contributed by atoms with Gasteiger partial charge in [0, 0.05) is 25.2 Å². The summed E-state index contributed by atoms with van der Waals surface area (Å²) in [6.45, 7) is 2.99. The van der Waals surface area contributed by atoms with Crippen LogP contribution in [0.1, 0.15) is 17.2 Å². The molecule has 5 nitrogen and oxygen atoms in total. The highest BCUT2D eigenvalue weighted by Crippen LogP contribution is 2.34. The van der Waals surface area contributed by atoms with E-state index in [9.17, 15) is 12.8 Å². The van der Waals surface area contributed by atoms with Crippen LogP contribution in [0.4, 0.5) is 4.39 Å². The van der Waals surface area contributed by atoms with E-state index < -0.39 is 21.9 Å². The normalized spacial score (nSPS) is 18.9. The fourth-order valence-electron chi connectivity index (χ4n) is 3.17. The number of hydrogen-bond donors (Lipinski definition) is 1. The second-order valence-corrected chi connectivity index (χ2v) is 7.93. The van der Waals surface area contributed by atoms with Crippen molar-refractivity contribution >= 4 is 10.0 Å². The highest BCUT2D eigenvalue weighted by molar-refractivity contribution is 7.89. The lowest BCUT2D eigenvalue weighted by molar-refractivity contribution is 0.264. The molecule has 7 heteroatoms. The monoisotopic (exact) mass is 364 g/mol. The predicted octanol–water partition coefficient (Wildman–Crippen LogP) is 2.48. The molecule has 1 atom stereocenters. The fraction of sp³-hybridized carbons (Fsp3) is 0.333. The van der Waals surface area contributed by atoms with E-state index in [0.29, 0.717) is 30.9 Å². The van der Waals surface area contributed by atoms with E-state index in [1.165, 1.54) is 16.4 Å². The molecule has 0 aromatic heterocycles. The molecule has 1 unspecified atom stereocenters. The Morgan fingerprint density at radius 3 is 2.72 bits per heavy atom. The molecule has 134 valence electrons. The van der Waals surface area contributed by atoms with Gasteiger partial charge >= 0.3 is 0 Å². The van der Waals surface area contributed by atoms with Gasteiger partial charge in [-0.25, -0.2) is 12.8 Å². The first-order chi connectivity index (χ1) is 11.9. The number of ether oxygens (including phenoxy) is 1. The summed E-state index contributed by atoms with van der Waals surface area (Å²) in [6, 6.07) is 10.8. The second-order valence-electron chi connectivity index (χ2n) is 6.04. The van der Waals surface area contributed by atoms with Gasteiger partial charge in [-0.3, -0.25) is 0 Å². The lowest BCUT2D eigenvalue weighted by Crippen LogP contribution is -2.48. The Labute approximate surface area is 147 Å². The minimum Gasteiger partial charge on any atom is -0.496 e. The first-order valence-electron chi connectivity index (χ1n) is 8.06. The van der Waals surface area contributed by atoms with E-state index in [1.807, 2.05) is 18.2 Å². The van der Waals surface area contributed by atoms with Crippen molar-refractivity contribution < 1.29 is 17.5 Å². The van der Waals surface area contributed by atoms with E-state index in [2.05, 4.69) is 5.32 Å². The molecule has 25 heavy (non-hydrogen) atoms. The number of piperazine rings is 1. The molecule has 0 amide bonds. The summed E-state index contributed by atoms with van der Waals surface area (Å²) in [7, 11) is -2.27. The Bertz CT molecular complexity index is 850. The van der Waals surface area contributed by atoms with Crippen LogP contribution in [0.15, 0.2) is 47.4 Å². The molecule has 0 spiro atoms. The van der Waals surface area contributed by atoms with E-state index in [-0.39, 0.29) is 4.90 Å². The van der Waals surface area contributed by atoms with E-state index >= 15 is 0 Å². The molecule has 1 N–H and O–H groups in total. The number of aryl methyl sites for hydroxylation is 1. The predicted molar refractivity (Wildman–Crippen MR) is 93.6 cm³/mol. The zero-order valence-electron chi connectivity index (χ0n) is 14.2. The molecule has 2 aromatic rings. The van der Waals surface area contributed by atoms with E-state index in [0.717, 1.165) is 11.6 Å². The molecule has 3 rings (SSSR count). The van der Waals surface area contributed by atoms with Crippen molar-refractivity contribution in [3.05, 3.63) is 59.4 Å². The maximum atomic E-state index is 13.7. The number of benzene rings is 2. The number of para-hydroxylation sites is 1. The van der Waals surface area contributed by atoms with Crippen molar-refractivity contribution in [2.45, 2.75) is 17.9 Å². The summed E-state index contributed by atoms with van der Waals surface area (Å²) >= 11 is 0. The first kappa shape index (κ1) is 17.8. The summed E-state index contributed by atoms with van der Waals surface area (Å²) in [5.41, 5.74) is 1.36. The van der Waals surface area contributed by atoms with Gasteiger partial charge in [0.05, 0.1) is 18.0 Å². The van der Waals surface area contributed by atoms with Crippen LogP contribution >= 0.6 is 0 Å². The molecule has 1 aliphatic rings. The maximum Gasteiger partial charge on any atom is 0.243 e. The van der Waals surface area contributed by atoms with Gasteiger partial charge < -0.3 is 10.1 Å². The number of rotatable bonds is 4. The SMILES string of the molecule is COc1ccccc1C1CNCCN1S(=O)(=O)c1cc(C)cc(F)c1. The van der Waals surface area contributed by atoms with Crippen molar-refractivity contribution in [1.29, 1.82) is 0 Å². The largest absolute Gasteiger partial charge is 0.496 e. The third kappa shape index (κ3) is 3.53. The number of methoxy groups -OCH3 is 1. The number of nitrogens with one attached hydrogen (secondary N) is 1. The Hall–Kier alpha value is -1.96. The third-order valence-corrected chi connectivity index (χ3v) is 6.20. The molecular formula is C18H21FN2O3S. The second kappa shape index (κ2) is 7.11. The minimum atomic E-state index is -3.83. The molecule has 1 aliphatic heterocycles. The molecule has 1 fully saturated rings. The molecule has 0 saturated carbocycles. The Morgan fingerprint density at radius 1 is 1.24 bits per heavy atom. The number of sulfonamides is 1. The molecule has 1 saturated heterocycles. The van der Waals surface area contributed by atoms with Crippen molar-refractivity contribution in [2.75, 3.05) is 26.7 Å². The first-order valence-corrected chi connectivity index (χ1v) is 9.50. The van der Waals surface area contributed by atoms with Gasteiger partial charge in [-0.1, -0.05) is 18.2 Å². The van der Waals surface area contributed by atoms with E-state index in [1.54, 1.807) is 20.1 Å². The zero-order valence-corrected chi connectivity index (χ0v) is 15.0. The number of hydrogen-bond acceptors (Lipinski definition) is 4. The molecule has 1 heterocycles. The van der Waals surface area contributed by atoms with Crippen LogP contribution < -0.4 is 10.1 Å². The van der Waals surface area contributed by atoms with Gasteiger partial charge in [-0.15, -0.1) is 0 Å². The van der Waals surface area contributed by atoms with Crippen LogP contribution in [0, 0.1) is 12.7 Å². The summed E-state index contributed by atoms with van der Waals surface area (Å²) in [5, 5.41) is 3.23. The molecular weight excluding hydrogens is 343 g/mol. The summed E-state index contributed by atoms with van der Waals surface area (Å²) in [4.78, 5) is -0.0215. The maximum absolute atomic E-state index is 13.7. The Kier molecular flexibility index (Phi) is 5.08. The average Bonchev–Trinajstić information content (AvgIpc) is 2.61. The lowest BCUT2D eigenvalue weighted by atomic mass is 10.0. The standard InChI is InChI=1S/C18H21FN2O3S/c1-13-9-14(19)11-15(10-13)25(22,23)21-8-7-20-12-17(21)16-5-3-4-6-18(16)24-2/h3-6,9-11,17,20H,7-8,12H2,1-2H3. The fourth-order valence-corrected chi connectivity index (χ4v) is 4.89. The molecule has 0 aliphatic carbocycles. The third-order valence-electron chi connectivity index (χ3n) is 4.31. The van der Waals surface area contributed by atoms with Crippen molar-refractivity contribution in [3.63, 3.8) is 0 Å². The van der Waals surface area contributed by atoms with Crippen LogP contribution in [0.2, 0.25) is 0 Å². The molecule has 2 aromatic carbocycles. The minimum absolute atomic E-state index is 0.0215. The van der Waals surface area contributed by atoms with Crippen LogP contribution in [0.3, 0.4) is 0 Å². The van der Waals surface area contributed by atoms with Gasteiger partial charge in [0.15, 0.2) is 0 Å². The van der Waals surface area contributed by atoms with Gasteiger partial charge in [0.25, 0.3) is 0 Å². The highest BCUT2D eigenvalue weighted by Gasteiger charge is 2.36. The Balaban J connectivity index is 2.06. The quantitative estimate of drug-likeness (QED) is 0.906. The average molecular weight is 364 g/mol. The summed E-state index contributed by atoms with van der Waals surface area (Å²) in [5.74, 6) is 0.0781. The number of halogens is 1. The van der Waals surface area contributed by atoms with Gasteiger partial charge in [-0.05, 0) is 36.8 Å². The smallest absolute Gasteiger partial charge is 0.243 e. The summed E-state index contributed by atoms with van der Waals surface area (Å²) in [6.07, 6.45) is 0. The summed E-state index contributed by atoms with van der Waals surface area (Å²) < 4.78 is 46.9. The lowest BCUT2D eigenvalue weighted by Gasteiger charge is -2.36. The highest BCUT2D eigenvalue weighted by atomic mass is 32.2. The van der Waals surface area contributed by atoms with Crippen molar-refractivity contribution in [1.82, 2.24) is 9.62 Å². The van der Waals surface area contributed by atoms with Gasteiger partial charge in [0.1, 0.15) is 11.6 Å².